The lowest BCUT2D eigenvalue weighted by Gasteiger charge is -2.09. The maximum atomic E-state index is 13.4. The summed E-state index contributed by atoms with van der Waals surface area (Å²) in [4.78, 5) is 0. The number of nitrogens with zero attached hydrogens (tertiary/aromatic N) is 2. The van der Waals surface area contributed by atoms with E-state index in [1.54, 1.807) is 6.92 Å². The highest BCUT2D eigenvalue weighted by molar-refractivity contribution is 9.10. The van der Waals surface area contributed by atoms with Crippen LogP contribution >= 0.6 is 15.9 Å². The number of aromatic nitrogens is 2. The van der Waals surface area contributed by atoms with E-state index in [9.17, 15) is 4.39 Å². The number of hydrogen-bond acceptors (Lipinski definition) is 2. The van der Waals surface area contributed by atoms with Gasteiger partial charge in [0.2, 0.25) is 0 Å². The van der Waals surface area contributed by atoms with Crippen LogP contribution in [-0.2, 0) is 0 Å². The van der Waals surface area contributed by atoms with E-state index in [4.69, 9.17) is 0 Å². The Labute approximate surface area is 79.3 Å². The molecule has 0 unspecified atom stereocenters. The van der Waals surface area contributed by atoms with Gasteiger partial charge in [-0.05, 0) is 28.8 Å². The van der Waals surface area contributed by atoms with E-state index in [1.807, 2.05) is 13.8 Å². The summed E-state index contributed by atoms with van der Waals surface area (Å²) in [5.74, 6) is -0.158. The first-order valence-corrected chi connectivity index (χ1v) is 4.51. The molecule has 0 atom stereocenters. The van der Waals surface area contributed by atoms with Gasteiger partial charge >= 0.3 is 0 Å². The quantitative estimate of drug-likeness (QED) is 0.745. The minimum absolute atomic E-state index is 0.136. The Bertz CT molecular complexity index is 299. The molecule has 0 fully saturated rings. The van der Waals surface area contributed by atoms with Crippen LogP contribution in [0.1, 0.15) is 31.0 Å². The fraction of sp³-hybridized carbons (Fsp3) is 0.500. The average Bonchev–Trinajstić information content (AvgIpc) is 1.97. The van der Waals surface area contributed by atoms with Gasteiger partial charge in [-0.2, -0.15) is 5.10 Å². The van der Waals surface area contributed by atoms with Crippen LogP contribution in [0.15, 0.2) is 4.60 Å². The molecule has 0 radical (unpaired) electrons. The first-order chi connectivity index (χ1) is 5.54. The summed E-state index contributed by atoms with van der Waals surface area (Å²) in [5.41, 5.74) is 1.29. The molecule has 12 heavy (non-hydrogen) atoms. The minimum Gasteiger partial charge on any atom is -0.204 e. The molecule has 0 aliphatic rings. The van der Waals surface area contributed by atoms with Gasteiger partial charge in [0.1, 0.15) is 0 Å². The van der Waals surface area contributed by atoms with E-state index in [2.05, 4.69) is 26.1 Å². The third kappa shape index (κ3) is 1.63. The molecule has 0 N–H and O–H groups in total. The molecule has 0 saturated carbocycles. The lowest BCUT2D eigenvalue weighted by Crippen LogP contribution is -2.03. The maximum absolute atomic E-state index is 13.4. The normalized spacial score (nSPS) is 10.8. The Morgan fingerprint density at radius 1 is 1.33 bits per heavy atom. The molecule has 1 aromatic rings. The van der Waals surface area contributed by atoms with E-state index in [0.717, 1.165) is 0 Å². The molecule has 0 aliphatic heterocycles. The second kappa shape index (κ2) is 3.47. The SMILES string of the molecule is Cc1nnc(Br)c(F)c1C(C)C. The fourth-order valence-corrected chi connectivity index (χ4v) is 1.45. The predicted molar refractivity (Wildman–Crippen MR) is 48.5 cm³/mol. The summed E-state index contributed by atoms with van der Waals surface area (Å²) < 4.78 is 13.6. The summed E-state index contributed by atoms with van der Waals surface area (Å²) in [6.07, 6.45) is 0. The van der Waals surface area contributed by atoms with Crippen molar-refractivity contribution in [2.45, 2.75) is 26.7 Å². The van der Waals surface area contributed by atoms with Crippen LogP contribution in [0.4, 0.5) is 4.39 Å². The lowest BCUT2D eigenvalue weighted by molar-refractivity contribution is 0.570. The van der Waals surface area contributed by atoms with Crippen molar-refractivity contribution in [1.82, 2.24) is 10.2 Å². The molecular weight excluding hydrogens is 223 g/mol. The zero-order valence-corrected chi connectivity index (χ0v) is 8.81. The minimum atomic E-state index is -0.294. The second-order valence-corrected chi connectivity index (χ2v) is 3.71. The Kier molecular flexibility index (Phi) is 2.77. The molecule has 1 heterocycles. The molecule has 0 amide bonds. The van der Waals surface area contributed by atoms with Crippen molar-refractivity contribution in [2.24, 2.45) is 0 Å². The zero-order valence-electron chi connectivity index (χ0n) is 7.23. The Balaban J connectivity index is 3.33. The first-order valence-electron chi connectivity index (χ1n) is 3.72. The van der Waals surface area contributed by atoms with E-state index in [-0.39, 0.29) is 16.3 Å². The molecule has 0 spiro atoms. The van der Waals surface area contributed by atoms with Crippen molar-refractivity contribution in [1.29, 1.82) is 0 Å². The highest BCUT2D eigenvalue weighted by Gasteiger charge is 2.14. The molecule has 1 aromatic heterocycles. The monoisotopic (exact) mass is 232 g/mol. The van der Waals surface area contributed by atoms with Crippen molar-refractivity contribution >= 4 is 15.9 Å². The van der Waals surface area contributed by atoms with Crippen LogP contribution in [0.5, 0.6) is 0 Å². The molecule has 0 aliphatic carbocycles. The summed E-state index contributed by atoms with van der Waals surface area (Å²) in [7, 11) is 0. The number of aryl methyl sites for hydroxylation is 1. The average molecular weight is 233 g/mol. The van der Waals surface area contributed by atoms with Gasteiger partial charge in [0.05, 0.1) is 5.69 Å². The summed E-state index contributed by atoms with van der Waals surface area (Å²) >= 11 is 3.00. The molecule has 0 bridgehead atoms. The van der Waals surface area contributed by atoms with Crippen LogP contribution < -0.4 is 0 Å². The molecular formula is C8H10BrFN2. The van der Waals surface area contributed by atoms with Crippen LogP contribution in [0.3, 0.4) is 0 Å². The maximum Gasteiger partial charge on any atom is 0.164 e. The molecule has 0 aromatic carbocycles. The Morgan fingerprint density at radius 2 is 1.92 bits per heavy atom. The van der Waals surface area contributed by atoms with Crippen molar-refractivity contribution in [3.05, 3.63) is 21.7 Å². The van der Waals surface area contributed by atoms with E-state index in [1.165, 1.54) is 0 Å². The Hall–Kier alpha value is -0.510. The third-order valence-corrected chi connectivity index (χ3v) is 2.18. The molecule has 66 valence electrons. The summed E-state index contributed by atoms with van der Waals surface area (Å²) in [5, 5.41) is 7.44. The predicted octanol–water partition coefficient (Wildman–Crippen LogP) is 2.81. The first kappa shape index (κ1) is 9.58. The van der Waals surface area contributed by atoms with Gasteiger partial charge in [-0.25, -0.2) is 4.39 Å². The topological polar surface area (TPSA) is 25.8 Å². The fourth-order valence-electron chi connectivity index (χ4n) is 1.16. The van der Waals surface area contributed by atoms with Gasteiger partial charge in [-0.15, -0.1) is 5.10 Å². The van der Waals surface area contributed by atoms with E-state index >= 15 is 0 Å². The van der Waals surface area contributed by atoms with Gasteiger partial charge in [-0.3, -0.25) is 0 Å². The second-order valence-electron chi connectivity index (χ2n) is 2.96. The highest BCUT2D eigenvalue weighted by atomic mass is 79.9. The van der Waals surface area contributed by atoms with Crippen LogP contribution in [0.2, 0.25) is 0 Å². The van der Waals surface area contributed by atoms with Gasteiger partial charge in [0.25, 0.3) is 0 Å². The van der Waals surface area contributed by atoms with E-state index < -0.39 is 0 Å². The molecule has 0 saturated heterocycles. The number of halogens is 2. The Morgan fingerprint density at radius 3 is 2.33 bits per heavy atom. The van der Waals surface area contributed by atoms with Gasteiger partial charge in [0.15, 0.2) is 10.4 Å². The van der Waals surface area contributed by atoms with Gasteiger partial charge < -0.3 is 0 Å². The van der Waals surface area contributed by atoms with Crippen molar-refractivity contribution in [3.63, 3.8) is 0 Å². The molecule has 4 heteroatoms. The van der Waals surface area contributed by atoms with Crippen LogP contribution in [0.25, 0.3) is 0 Å². The smallest absolute Gasteiger partial charge is 0.164 e. The largest absolute Gasteiger partial charge is 0.204 e. The summed E-state index contributed by atoms with van der Waals surface area (Å²) in [6.45, 7) is 5.62. The van der Waals surface area contributed by atoms with E-state index in [0.29, 0.717) is 11.3 Å². The third-order valence-electron chi connectivity index (χ3n) is 1.67. The van der Waals surface area contributed by atoms with Crippen LogP contribution in [-0.4, -0.2) is 10.2 Å². The molecule has 2 nitrogen and oxygen atoms in total. The molecule has 1 rings (SSSR count). The van der Waals surface area contributed by atoms with Crippen LogP contribution in [0, 0.1) is 12.7 Å². The van der Waals surface area contributed by atoms with Gasteiger partial charge in [-0.1, -0.05) is 13.8 Å². The zero-order chi connectivity index (χ0) is 9.30. The summed E-state index contributed by atoms with van der Waals surface area (Å²) in [6, 6.07) is 0. The highest BCUT2D eigenvalue weighted by Crippen LogP contribution is 2.24. The lowest BCUT2D eigenvalue weighted by atomic mass is 10.0. The van der Waals surface area contributed by atoms with Crippen molar-refractivity contribution in [3.8, 4) is 0 Å². The number of hydrogen-bond donors (Lipinski definition) is 0. The van der Waals surface area contributed by atoms with Crippen molar-refractivity contribution < 1.29 is 4.39 Å². The van der Waals surface area contributed by atoms with Gasteiger partial charge in [0, 0.05) is 5.56 Å². The van der Waals surface area contributed by atoms with Crippen molar-refractivity contribution in [2.75, 3.05) is 0 Å². The number of rotatable bonds is 1. The standard InChI is InChI=1S/C8H10BrFN2/c1-4(2)6-5(3)11-12-8(9)7(6)10/h4H,1-3H3.